The molecule has 1 unspecified atom stereocenters. The fourth-order valence-electron chi connectivity index (χ4n) is 5.62. The first-order chi connectivity index (χ1) is 18.6. The van der Waals surface area contributed by atoms with Gasteiger partial charge in [0.1, 0.15) is 23.1 Å². The van der Waals surface area contributed by atoms with Gasteiger partial charge in [0, 0.05) is 44.6 Å². The first-order valence-electron chi connectivity index (χ1n) is 12.8. The van der Waals surface area contributed by atoms with Crippen molar-refractivity contribution < 1.29 is 19.4 Å². The molecule has 0 spiro atoms. The number of aliphatic hydroxyl groups excluding tert-OH is 1. The van der Waals surface area contributed by atoms with Crippen LogP contribution in [0.1, 0.15) is 43.7 Å². The summed E-state index contributed by atoms with van der Waals surface area (Å²) in [4.78, 5) is 15.9. The summed E-state index contributed by atoms with van der Waals surface area (Å²) in [6.07, 6.45) is 0.949. The maximum Gasteiger partial charge on any atom is 0.162 e. The molecule has 0 bridgehead atoms. The molecule has 3 aromatic rings. The first kappa shape index (κ1) is 26.8. The number of hydrogen-bond acceptors (Lipinski definition) is 5. The lowest BCUT2D eigenvalue weighted by Gasteiger charge is -2.45. The SMILES string of the molecule is COc1ccc(OC)c(C2C3=C(CC(C)(C)CC3=O)N(c3ccc(Br)cc3)C(=N)/C2=C(/O)c2ccccc2)c1. The Bertz CT molecular complexity index is 1510. The molecule has 0 saturated heterocycles. The van der Waals surface area contributed by atoms with E-state index in [1.54, 1.807) is 38.5 Å². The second kappa shape index (κ2) is 10.4. The van der Waals surface area contributed by atoms with Crippen LogP contribution in [0.15, 0.2) is 94.1 Å². The van der Waals surface area contributed by atoms with Crippen LogP contribution in [0, 0.1) is 10.8 Å². The van der Waals surface area contributed by atoms with E-state index in [1.165, 1.54) is 0 Å². The van der Waals surface area contributed by atoms with Gasteiger partial charge in [-0.15, -0.1) is 0 Å². The number of carbonyl (C=O) groups excluding carboxylic acids is 1. The monoisotopic (exact) mass is 586 g/mol. The number of nitrogens with one attached hydrogen (secondary N) is 1. The van der Waals surface area contributed by atoms with E-state index in [-0.39, 0.29) is 22.8 Å². The van der Waals surface area contributed by atoms with Crippen LogP contribution in [0.25, 0.3) is 5.76 Å². The summed E-state index contributed by atoms with van der Waals surface area (Å²) in [5.74, 6) is 0.460. The minimum Gasteiger partial charge on any atom is -0.507 e. The van der Waals surface area contributed by atoms with Crippen molar-refractivity contribution in [2.45, 2.75) is 32.6 Å². The van der Waals surface area contributed by atoms with Gasteiger partial charge in [0.15, 0.2) is 5.78 Å². The third-order valence-corrected chi connectivity index (χ3v) is 7.89. The highest BCUT2D eigenvalue weighted by atomic mass is 79.9. The molecule has 39 heavy (non-hydrogen) atoms. The van der Waals surface area contributed by atoms with Crippen LogP contribution in [-0.2, 0) is 4.79 Å². The van der Waals surface area contributed by atoms with Gasteiger partial charge in [-0.05, 0) is 54.3 Å². The number of ketones is 1. The molecule has 2 aliphatic rings. The van der Waals surface area contributed by atoms with Crippen LogP contribution in [0.4, 0.5) is 5.69 Å². The Morgan fingerprint density at radius 2 is 1.69 bits per heavy atom. The van der Waals surface area contributed by atoms with Crippen molar-refractivity contribution in [3.63, 3.8) is 0 Å². The Morgan fingerprint density at radius 3 is 2.33 bits per heavy atom. The molecule has 0 saturated carbocycles. The molecule has 5 rings (SSSR count). The molecule has 6 nitrogen and oxygen atoms in total. The molecule has 0 radical (unpaired) electrons. The number of allylic oxidation sites excluding steroid dienone is 2. The molecule has 1 aliphatic heterocycles. The molecule has 0 fully saturated rings. The van der Waals surface area contributed by atoms with Gasteiger partial charge in [0.2, 0.25) is 0 Å². The summed E-state index contributed by atoms with van der Waals surface area (Å²) in [7, 11) is 3.16. The number of anilines is 1. The zero-order valence-electron chi connectivity index (χ0n) is 22.4. The summed E-state index contributed by atoms with van der Waals surface area (Å²) in [6.45, 7) is 4.15. The average Bonchev–Trinajstić information content (AvgIpc) is 2.92. The van der Waals surface area contributed by atoms with Gasteiger partial charge >= 0.3 is 0 Å². The molecule has 200 valence electrons. The Hall–Kier alpha value is -3.84. The second-order valence-corrected chi connectivity index (χ2v) is 11.5. The van der Waals surface area contributed by atoms with Crippen molar-refractivity contribution in [1.29, 1.82) is 5.41 Å². The number of hydrogen-bond donors (Lipinski definition) is 2. The summed E-state index contributed by atoms with van der Waals surface area (Å²) >= 11 is 3.50. The van der Waals surface area contributed by atoms with Crippen LogP contribution < -0.4 is 14.4 Å². The molecule has 2 N–H and O–H groups in total. The van der Waals surface area contributed by atoms with Gasteiger partial charge < -0.3 is 14.6 Å². The van der Waals surface area contributed by atoms with E-state index >= 15 is 0 Å². The van der Waals surface area contributed by atoms with Crippen molar-refractivity contribution in [3.8, 4) is 11.5 Å². The minimum atomic E-state index is -0.729. The van der Waals surface area contributed by atoms with E-state index in [0.29, 0.717) is 46.6 Å². The van der Waals surface area contributed by atoms with Gasteiger partial charge in [0.25, 0.3) is 0 Å². The van der Waals surface area contributed by atoms with E-state index in [9.17, 15) is 15.3 Å². The van der Waals surface area contributed by atoms with Crippen molar-refractivity contribution in [2.75, 3.05) is 19.1 Å². The number of rotatable bonds is 5. The summed E-state index contributed by atoms with van der Waals surface area (Å²) in [5, 5.41) is 21.4. The number of benzene rings is 3. The number of carbonyl (C=O) groups is 1. The fraction of sp³-hybridized carbons (Fsp3) is 0.250. The predicted molar refractivity (Wildman–Crippen MR) is 158 cm³/mol. The highest BCUT2D eigenvalue weighted by Gasteiger charge is 2.47. The number of nitrogens with zero attached hydrogens (tertiary/aromatic N) is 1. The molecule has 1 atom stereocenters. The zero-order chi connectivity index (χ0) is 27.9. The van der Waals surface area contributed by atoms with Crippen LogP contribution >= 0.6 is 15.9 Å². The minimum absolute atomic E-state index is 0.0101. The van der Waals surface area contributed by atoms with E-state index in [2.05, 4.69) is 29.8 Å². The number of aliphatic hydroxyl groups is 1. The van der Waals surface area contributed by atoms with Crippen LogP contribution in [0.3, 0.4) is 0 Å². The lowest BCUT2D eigenvalue weighted by Crippen LogP contribution is -2.45. The lowest BCUT2D eigenvalue weighted by atomic mass is 9.67. The maximum atomic E-state index is 14.1. The summed E-state index contributed by atoms with van der Waals surface area (Å²) in [6, 6.07) is 22.2. The second-order valence-electron chi connectivity index (χ2n) is 10.6. The van der Waals surface area contributed by atoms with Crippen molar-refractivity contribution in [3.05, 3.63) is 105 Å². The first-order valence-corrected chi connectivity index (χ1v) is 13.6. The summed E-state index contributed by atoms with van der Waals surface area (Å²) < 4.78 is 12.2. The third kappa shape index (κ3) is 4.87. The largest absolute Gasteiger partial charge is 0.507 e. The maximum absolute atomic E-state index is 14.1. The topological polar surface area (TPSA) is 82.9 Å². The Labute approximate surface area is 237 Å². The third-order valence-electron chi connectivity index (χ3n) is 7.36. The molecule has 1 heterocycles. The number of ether oxygens (including phenoxy) is 2. The van der Waals surface area contributed by atoms with Crippen molar-refractivity contribution >= 4 is 39.0 Å². The number of methoxy groups -OCH3 is 2. The van der Waals surface area contributed by atoms with Crippen LogP contribution in [0.2, 0.25) is 0 Å². The van der Waals surface area contributed by atoms with E-state index < -0.39 is 5.92 Å². The van der Waals surface area contributed by atoms with E-state index in [1.807, 2.05) is 53.4 Å². The number of amidine groups is 1. The Kier molecular flexibility index (Phi) is 7.12. The van der Waals surface area contributed by atoms with Gasteiger partial charge in [-0.25, -0.2) is 0 Å². The lowest BCUT2D eigenvalue weighted by molar-refractivity contribution is -0.118. The van der Waals surface area contributed by atoms with Gasteiger partial charge in [-0.3, -0.25) is 15.1 Å². The molecule has 0 amide bonds. The molecular formula is C32H31BrN2O4. The smallest absolute Gasteiger partial charge is 0.162 e. The zero-order valence-corrected chi connectivity index (χ0v) is 24.0. The van der Waals surface area contributed by atoms with E-state index in [0.717, 1.165) is 15.9 Å². The highest BCUT2D eigenvalue weighted by Crippen LogP contribution is 2.53. The van der Waals surface area contributed by atoms with Gasteiger partial charge in [-0.1, -0.05) is 60.1 Å². The average molecular weight is 588 g/mol. The molecule has 3 aromatic carbocycles. The molecular weight excluding hydrogens is 556 g/mol. The van der Waals surface area contributed by atoms with Crippen molar-refractivity contribution in [1.82, 2.24) is 0 Å². The van der Waals surface area contributed by atoms with Gasteiger partial charge in [-0.2, -0.15) is 0 Å². The van der Waals surface area contributed by atoms with Crippen LogP contribution in [0.5, 0.6) is 11.5 Å². The quantitative estimate of drug-likeness (QED) is 0.300. The molecule has 7 heteroatoms. The Balaban J connectivity index is 1.89. The predicted octanol–water partition coefficient (Wildman–Crippen LogP) is 7.66. The number of Topliss-reactive ketones (excluding diaryl/α,β-unsaturated/α-hetero) is 1. The highest BCUT2D eigenvalue weighted by molar-refractivity contribution is 9.10. The normalized spacial score (nSPS) is 20.0. The van der Waals surface area contributed by atoms with E-state index in [4.69, 9.17) is 9.47 Å². The summed E-state index contributed by atoms with van der Waals surface area (Å²) in [5.41, 5.74) is 3.34. The molecule has 1 aliphatic carbocycles. The molecule has 0 aromatic heterocycles. The van der Waals surface area contributed by atoms with Crippen LogP contribution in [-0.4, -0.2) is 30.9 Å². The number of halogens is 1. The fourth-order valence-corrected chi connectivity index (χ4v) is 5.88. The van der Waals surface area contributed by atoms with Crippen molar-refractivity contribution in [2.24, 2.45) is 5.41 Å². The Morgan fingerprint density at radius 1 is 1.00 bits per heavy atom. The standard InChI is InChI=1S/C32H31BrN2O4/c1-32(2)17-24-28(25(36)18-32)27(23-16-22(38-3)14-15-26(23)39-4)29(30(37)19-8-6-5-7-9-19)31(34)35(24)21-12-10-20(33)11-13-21/h5-16,27,34,37H,17-18H2,1-4H3/b30-29+,34-31?. The van der Waals surface area contributed by atoms with Gasteiger partial charge in [0.05, 0.1) is 20.1 Å².